The van der Waals surface area contributed by atoms with E-state index < -0.39 is 5.82 Å². The van der Waals surface area contributed by atoms with Gasteiger partial charge in [0, 0.05) is 30.6 Å². The molecule has 0 unspecified atom stereocenters. The van der Waals surface area contributed by atoms with E-state index in [1.165, 1.54) is 34.4 Å². The first kappa shape index (κ1) is 21.8. The Kier molecular flexibility index (Phi) is 5.51. The maximum atomic E-state index is 13.5. The summed E-state index contributed by atoms with van der Waals surface area (Å²) in [6.45, 7) is 1.46. The van der Waals surface area contributed by atoms with Crippen molar-refractivity contribution in [3.8, 4) is 11.4 Å². The van der Waals surface area contributed by atoms with Crippen molar-refractivity contribution in [1.29, 1.82) is 0 Å². The minimum absolute atomic E-state index is 0.0308. The van der Waals surface area contributed by atoms with Crippen LogP contribution in [0.2, 0.25) is 0 Å². The third-order valence-electron chi connectivity index (χ3n) is 6.29. The van der Waals surface area contributed by atoms with E-state index in [0.29, 0.717) is 35.0 Å². The molecule has 0 radical (unpaired) electrons. The fourth-order valence-electron chi connectivity index (χ4n) is 4.17. The van der Waals surface area contributed by atoms with Crippen molar-refractivity contribution >= 4 is 32.7 Å². The third-order valence-corrected chi connectivity index (χ3v) is 7.38. The highest BCUT2D eigenvalue weighted by Gasteiger charge is 2.30. The molecule has 1 aromatic carbocycles. The zero-order chi connectivity index (χ0) is 23.9. The van der Waals surface area contributed by atoms with Crippen LogP contribution in [0.15, 0.2) is 39.9 Å². The van der Waals surface area contributed by atoms with Crippen molar-refractivity contribution in [2.24, 2.45) is 5.92 Å². The van der Waals surface area contributed by atoms with Gasteiger partial charge in [0.1, 0.15) is 23.4 Å². The van der Waals surface area contributed by atoms with Crippen molar-refractivity contribution in [3.05, 3.63) is 52.7 Å². The molecule has 4 heterocycles. The number of fused-ring (bicyclic) bond motifs is 1. The molecule has 4 aromatic rings. The van der Waals surface area contributed by atoms with Gasteiger partial charge in [-0.05, 0) is 37.8 Å². The number of piperidine rings is 1. The first-order valence-corrected chi connectivity index (χ1v) is 12.3. The van der Waals surface area contributed by atoms with Gasteiger partial charge in [0.05, 0.1) is 0 Å². The van der Waals surface area contributed by atoms with Crippen molar-refractivity contribution < 1.29 is 13.7 Å². The SMILES string of the molecule is O=C(NC1CC1)C1CCN(c2nc3ncn(Cc4nc(-c5cccc(F)c5)no4)c(=O)c3s2)CC1. The van der Waals surface area contributed by atoms with E-state index >= 15 is 0 Å². The number of nitrogens with one attached hydrogen (secondary N) is 1. The van der Waals surface area contributed by atoms with Crippen molar-refractivity contribution in [2.45, 2.75) is 38.3 Å². The smallest absolute Gasteiger partial charge is 0.273 e. The Morgan fingerprint density at radius 3 is 2.80 bits per heavy atom. The summed E-state index contributed by atoms with van der Waals surface area (Å²) in [6.07, 6.45) is 5.10. The summed E-state index contributed by atoms with van der Waals surface area (Å²) in [7, 11) is 0. The number of anilines is 1. The van der Waals surface area contributed by atoms with Crippen molar-refractivity contribution in [3.63, 3.8) is 0 Å². The lowest BCUT2D eigenvalue weighted by atomic mass is 9.96. The van der Waals surface area contributed by atoms with Crippen LogP contribution in [0.4, 0.5) is 9.52 Å². The standard InChI is InChI=1S/C23H22FN7O3S/c24-15-3-1-2-14(10-15)19-27-17(34-29-19)11-31-12-25-20-18(22(31)33)35-23(28-20)30-8-6-13(7-9-30)21(32)26-16-4-5-16/h1-3,10,12-13,16H,4-9,11H2,(H,26,32). The third kappa shape index (κ3) is 4.53. The molecule has 0 spiro atoms. The average Bonchev–Trinajstić information content (AvgIpc) is 3.37. The molecule has 1 amide bonds. The molecule has 2 aliphatic rings. The van der Waals surface area contributed by atoms with E-state index in [2.05, 4.69) is 30.3 Å². The largest absolute Gasteiger partial charge is 0.353 e. The second-order valence-electron chi connectivity index (χ2n) is 8.89. The van der Waals surface area contributed by atoms with Crippen LogP contribution in [0, 0.1) is 11.7 Å². The summed E-state index contributed by atoms with van der Waals surface area (Å²) in [5, 5.41) is 7.70. The Hall–Kier alpha value is -3.67. The number of amides is 1. The Bertz CT molecular complexity index is 1450. The Labute approximate surface area is 202 Å². The molecular weight excluding hydrogens is 473 g/mol. The summed E-state index contributed by atoms with van der Waals surface area (Å²) in [5.41, 5.74) is 0.635. The van der Waals surface area contributed by atoms with Crippen LogP contribution in [-0.2, 0) is 11.3 Å². The number of aromatic nitrogens is 5. The summed E-state index contributed by atoms with van der Waals surface area (Å²) >= 11 is 1.30. The van der Waals surface area contributed by atoms with E-state index in [4.69, 9.17) is 4.52 Å². The van der Waals surface area contributed by atoms with Crippen LogP contribution in [0.1, 0.15) is 31.6 Å². The minimum atomic E-state index is -0.397. The number of hydrogen-bond donors (Lipinski definition) is 1. The molecule has 2 fully saturated rings. The van der Waals surface area contributed by atoms with E-state index in [1.54, 1.807) is 12.1 Å². The van der Waals surface area contributed by atoms with Crippen molar-refractivity contribution in [1.82, 2.24) is 30.0 Å². The van der Waals surface area contributed by atoms with Crippen LogP contribution in [0.25, 0.3) is 21.7 Å². The highest BCUT2D eigenvalue weighted by Crippen LogP contribution is 2.30. The van der Waals surface area contributed by atoms with Gasteiger partial charge in [-0.15, -0.1) is 0 Å². The lowest BCUT2D eigenvalue weighted by Gasteiger charge is -2.30. The van der Waals surface area contributed by atoms with Gasteiger partial charge < -0.3 is 14.7 Å². The van der Waals surface area contributed by atoms with Gasteiger partial charge in [-0.1, -0.05) is 28.6 Å². The highest BCUT2D eigenvalue weighted by molar-refractivity contribution is 7.22. The van der Waals surface area contributed by atoms with Crippen LogP contribution in [0.3, 0.4) is 0 Å². The van der Waals surface area contributed by atoms with E-state index in [-0.39, 0.29) is 35.6 Å². The van der Waals surface area contributed by atoms with Gasteiger partial charge in [0.2, 0.25) is 17.6 Å². The summed E-state index contributed by atoms with van der Waals surface area (Å²) < 4.78 is 20.6. The predicted octanol–water partition coefficient (Wildman–Crippen LogP) is 2.59. The zero-order valence-electron chi connectivity index (χ0n) is 18.7. The van der Waals surface area contributed by atoms with Crippen LogP contribution >= 0.6 is 11.3 Å². The molecule has 3 aromatic heterocycles. The number of thiazole rings is 1. The van der Waals surface area contributed by atoms with Gasteiger partial charge in [-0.25, -0.2) is 9.37 Å². The number of rotatable bonds is 6. The molecule has 35 heavy (non-hydrogen) atoms. The molecule has 0 bridgehead atoms. The van der Waals surface area contributed by atoms with E-state index in [1.807, 2.05) is 0 Å². The summed E-state index contributed by atoms with van der Waals surface area (Å²) in [6, 6.07) is 6.27. The van der Waals surface area contributed by atoms with E-state index in [9.17, 15) is 14.0 Å². The molecule has 0 atom stereocenters. The van der Waals surface area contributed by atoms with Gasteiger partial charge in [0.15, 0.2) is 10.8 Å². The average molecular weight is 496 g/mol. The van der Waals surface area contributed by atoms with Gasteiger partial charge in [0.25, 0.3) is 5.56 Å². The lowest BCUT2D eigenvalue weighted by Crippen LogP contribution is -2.41. The normalized spacial score (nSPS) is 16.7. The molecule has 1 aliphatic carbocycles. The number of carbonyl (C=O) groups excluding carboxylic acids is 1. The summed E-state index contributed by atoms with van der Waals surface area (Å²) in [4.78, 5) is 40.7. The predicted molar refractivity (Wildman–Crippen MR) is 127 cm³/mol. The fraction of sp³-hybridized carbons (Fsp3) is 0.391. The van der Waals surface area contributed by atoms with Crippen LogP contribution < -0.4 is 15.8 Å². The Morgan fingerprint density at radius 2 is 2.03 bits per heavy atom. The van der Waals surface area contributed by atoms with E-state index in [0.717, 1.165) is 30.8 Å². The number of carbonyl (C=O) groups is 1. The zero-order valence-corrected chi connectivity index (χ0v) is 19.5. The number of halogens is 1. The number of hydrogen-bond acceptors (Lipinski definition) is 9. The highest BCUT2D eigenvalue weighted by atomic mass is 32.1. The minimum Gasteiger partial charge on any atom is -0.353 e. The molecule has 6 rings (SSSR count). The molecule has 1 saturated carbocycles. The molecule has 1 N–H and O–H groups in total. The van der Waals surface area contributed by atoms with Gasteiger partial charge in [-0.3, -0.25) is 14.2 Å². The second kappa shape index (κ2) is 8.84. The molecule has 12 heteroatoms. The topological polar surface area (TPSA) is 119 Å². The second-order valence-corrected chi connectivity index (χ2v) is 9.87. The number of nitrogens with zero attached hydrogens (tertiary/aromatic N) is 6. The first-order chi connectivity index (χ1) is 17.0. The molecule has 10 nitrogen and oxygen atoms in total. The monoisotopic (exact) mass is 495 g/mol. The quantitative estimate of drug-likeness (QED) is 0.434. The van der Waals surface area contributed by atoms with Crippen molar-refractivity contribution in [2.75, 3.05) is 18.0 Å². The molecule has 180 valence electrons. The maximum Gasteiger partial charge on any atom is 0.273 e. The maximum absolute atomic E-state index is 13.5. The summed E-state index contributed by atoms with van der Waals surface area (Å²) in [5.74, 6) is 0.247. The van der Waals surface area contributed by atoms with Crippen LogP contribution in [0.5, 0.6) is 0 Å². The Balaban J connectivity index is 1.16. The Morgan fingerprint density at radius 1 is 1.20 bits per heavy atom. The first-order valence-electron chi connectivity index (χ1n) is 11.5. The fourth-order valence-corrected chi connectivity index (χ4v) is 5.19. The van der Waals surface area contributed by atoms with Gasteiger partial charge >= 0.3 is 0 Å². The molecular formula is C23H22FN7O3S. The van der Waals surface area contributed by atoms with Crippen LogP contribution in [-0.4, -0.2) is 49.7 Å². The molecule has 1 aliphatic heterocycles. The number of benzene rings is 1. The molecule has 1 saturated heterocycles. The lowest BCUT2D eigenvalue weighted by molar-refractivity contribution is -0.125. The van der Waals surface area contributed by atoms with Gasteiger partial charge in [-0.2, -0.15) is 9.97 Å².